The Morgan fingerprint density at radius 2 is 1.79 bits per heavy atom. The van der Waals surface area contributed by atoms with Gasteiger partial charge in [0.05, 0.1) is 23.6 Å². The highest BCUT2D eigenvalue weighted by Crippen LogP contribution is 2.36. The monoisotopic (exact) mass is 537 g/mol. The van der Waals surface area contributed by atoms with E-state index in [0.29, 0.717) is 25.6 Å². The van der Waals surface area contributed by atoms with Crippen LogP contribution >= 0.6 is 0 Å². The number of halogens is 1. The summed E-state index contributed by atoms with van der Waals surface area (Å²) in [5.41, 5.74) is 3.89. The summed E-state index contributed by atoms with van der Waals surface area (Å²) >= 11 is 0. The first-order valence-electron chi connectivity index (χ1n) is 13.1. The van der Waals surface area contributed by atoms with Crippen LogP contribution in [-0.4, -0.2) is 68.6 Å². The van der Waals surface area contributed by atoms with Crippen molar-refractivity contribution in [3.63, 3.8) is 0 Å². The predicted octanol–water partition coefficient (Wildman–Crippen LogP) is 3.84. The van der Waals surface area contributed by atoms with E-state index in [9.17, 15) is 12.8 Å². The smallest absolute Gasteiger partial charge is 0.264 e. The van der Waals surface area contributed by atoms with E-state index in [4.69, 9.17) is 0 Å². The van der Waals surface area contributed by atoms with Crippen molar-refractivity contribution in [1.82, 2.24) is 34.0 Å². The van der Waals surface area contributed by atoms with Crippen molar-refractivity contribution in [3.8, 4) is 5.69 Å². The number of benzene rings is 2. The molecule has 1 saturated heterocycles. The number of nitrogens with zero attached hydrogens (tertiary/aromatic N) is 7. The molecule has 9 nitrogen and oxygen atoms in total. The number of fused-ring (bicyclic) bond motifs is 1. The second kappa shape index (κ2) is 9.87. The fourth-order valence-corrected chi connectivity index (χ4v) is 7.30. The van der Waals surface area contributed by atoms with Crippen molar-refractivity contribution in [2.45, 2.75) is 43.7 Å². The third kappa shape index (κ3) is 4.63. The molecule has 1 aliphatic carbocycles. The maximum Gasteiger partial charge on any atom is 0.264 e. The topological polar surface area (TPSA) is 89.2 Å². The molecule has 0 N–H and O–H groups in total. The standard InChI is InChI=1S/C27H32FN7O2S/c1-19-13-25-21(15-30-35(25)23-9-7-22(28)8-10-23)14-24(19)26-18-34(38(36,37)27-16-29-32(2)31-27)12-11-33(26)17-20-5-3-4-6-20/h7-10,13-16,20,26H,3-6,11-12,17-18H2,1-2H3. The Bertz CT molecular complexity index is 1560. The van der Waals surface area contributed by atoms with Gasteiger partial charge >= 0.3 is 0 Å². The van der Waals surface area contributed by atoms with Crippen LogP contribution in [0.3, 0.4) is 0 Å². The van der Waals surface area contributed by atoms with E-state index in [1.165, 1.54) is 48.8 Å². The molecule has 0 spiro atoms. The van der Waals surface area contributed by atoms with Gasteiger partial charge in [-0.15, -0.1) is 5.10 Å². The molecular formula is C27H32FN7O2S. The Kier molecular flexibility index (Phi) is 6.53. The molecule has 2 aliphatic rings. The Morgan fingerprint density at radius 3 is 2.50 bits per heavy atom. The van der Waals surface area contributed by atoms with Crippen LogP contribution in [-0.2, 0) is 17.1 Å². The minimum absolute atomic E-state index is 0.0178. The Balaban J connectivity index is 1.37. The summed E-state index contributed by atoms with van der Waals surface area (Å²) < 4.78 is 43.8. The summed E-state index contributed by atoms with van der Waals surface area (Å²) in [5.74, 6) is 0.357. The van der Waals surface area contributed by atoms with E-state index < -0.39 is 10.0 Å². The van der Waals surface area contributed by atoms with Crippen LogP contribution in [0.2, 0.25) is 0 Å². The lowest BCUT2D eigenvalue weighted by Gasteiger charge is -2.42. The second-order valence-corrected chi connectivity index (χ2v) is 12.4. The number of hydrogen-bond donors (Lipinski definition) is 0. The first-order chi connectivity index (χ1) is 18.3. The van der Waals surface area contributed by atoms with Gasteiger partial charge in [-0.05, 0) is 73.2 Å². The number of hydrogen-bond acceptors (Lipinski definition) is 6. The maximum atomic E-state index is 13.5. The first-order valence-corrected chi connectivity index (χ1v) is 14.6. The summed E-state index contributed by atoms with van der Waals surface area (Å²) in [6.07, 6.45) is 8.13. The van der Waals surface area contributed by atoms with Gasteiger partial charge in [-0.2, -0.15) is 19.3 Å². The van der Waals surface area contributed by atoms with Gasteiger partial charge in [-0.3, -0.25) is 4.90 Å². The molecule has 4 aromatic rings. The number of rotatable bonds is 6. The molecule has 1 atom stereocenters. The molecule has 6 rings (SSSR count). The van der Waals surface area contributed by atoms with Crippen molar-refractivity contribution in [2.75, 3.05) is 26.2 Å². The molecule has 38 heavy (non-hydrogen) atoms. The highest BCUT2D eigenvalue weighted by atomic mass is 32.2. The molecule has 200 valence electrons. The lowest BCUT2D eigenvalue weighted by atomic mass is 9.95. The van der Waals surface area contributed by atoms with Crippen molar-refractivity contribution in [2.24, 2.45) is 13.0 Å². The van der Waals surface area contributed by atoms with E-state index in [1.807, 2.05) is 10.9 Å². The second-order valence-electron chi connectivity index (χ2n) is 10.5. The zero-order chi connectivity index (χ0) is 26.4. The first kappa shape index (κ1) is 25.1. The van der Waals surface area contributed by atoms with Gasteiger partial charge in [0.25, 0.3) is 10.0 Å². The van der Waals surface area contributed by atoms with Crippen molar-refractivity contribution >= 4 is 20.9 Å². The number of aromatic nitrogens is 5. The lowest BCUT2D eigenvalue weighted by molar-refractivity contribution is 0.0998. The zero-order valence-corrected chi connectivity index (χ0v) is 22.5. The summed E-state index contributed by atoms with van der Waals surface area (Å²) in [6.45, 7) is 4.47. The molecule has 2 fully saturated rings. The maximum absolute atomic E-state index is 13.5. The van der Waals surface area contributed by atoms with E-state index in [1.54, 1.807) is 23.5 Å². The number of sulfonamides is 1. The fraction of sp³-hybridized carbons (Fsp3) is 0.444. The molecule has 0 bridgehead atoms. The van der Waals surface area contributed by atoms with Crippen molar-refractivity contribution in [3.05, 3.63) is 65.7 Å². The van der Waals surface area contributed by atoms with Gasteiger partial charge in [0.1, 0.15) is 5.82 Å². The molecule has 2 aromatic heterocycles. The minimum Gasteiger partial charge on any atom is -0.293 e. The van der Waals surface area contributed by atoms with Crippen LogP contribution in [0.4, 0.5) is 4.39 Å². The van der Waals surface area contributed by atoms with Gasteiger partial charge in [-0.25, -0.2) is 17.5 Å². The largest absolute Gasteiger partial charge is 0.293 e. The van der Waals surface area contributed by atoms with Crippen LogP contribution in [0.15, 0.2) is 53.8 Å². The van der Waals surface area contributed by atoms with Crippen molar-refractivity contribution in [1.29, 1.82) is 0 Å². The normalized spacial score (nSPS) is 20.0. The summed E-state index contributed by atoms with van der Waals surface area (Å²) in [6, 6.07) is 10.4. The quantitative estimate of drug-likeness (QED) is 0.371. The molecule has 0 amide bonds. The highest BCUT2D eigenvalue weighted by molar-refractivity contribution is 7.89. The van der Waals surface area contributed by atoms with E-state index in [2.05, 4.69) is 39.3 Å². The summed E-state index contributed by atoms with van der Waals surface area (Å²) in [5, 5.41) is 13.6. The number of aryl methyl sites for hydroxylation is 2. The van der Waals surface area contributed by atoms with E-state index in [-0.39, 0.29) is 16.9 Å². The van der Waals surface area contributed by atoms with Gasteiger partial charge in [0, 0.05) is 44.7 Å². The molecule has 0 radical (unpaired) electrons. The van der Waals surface area contributed by atoms with Crippen LogP contribution in [0.5, 0.6) is 0 Å². The van der Waals surface area contributed by atoms with Crippen molar-refractivity contribution < 1.29 is 12.8 Å². The molecule has 3 heterocycles. The molecule has 1 unspecified atom stereocenters. The molecule has 2 aromatic carbocycles. The van der Waals surface area contributed by atoms with Crippen LogP contribution < -0.4 is 0 Å². The zero-order valence-electron chi connectivity index (χ0n) is 21.7. The van der Waals surface area contributed by atoms with Gasteiger partial charge in [0.2, 0.25) is 5.03 Å². The number of piperazine rings is 1. The van der Waals surface area contributed by atoms with E-state index >= 15 is 0 Å². The average Bonchev–Trinajstić information content (AvgIpc) is 3.66. The van der Waals surface area contributed by atoms with Crippen LogP contribution in [0, 0.1) is 18.7 Å². The Labute approximate surface area is 221 Å². The fourth-order valence-electron chi connectivity index (χ4n) is 5.97. The molecule has 11 heteroatoms. The van der Waals surface area contributed by atoms with Gasteiger partial charge in [-0.1, -0.05) is 12.8 Å². The van der Waals surface area contributed by atoms with Gasteiger partial charge in [0.15, 0.2) is 0 Å². The average molecular weight is 538 g/mol. The third-order valence-electron chi connectivity index (χ3n) is 7.99. The molecule has 1 aliphatic heterocycles. The molecule has 1 saturated carbocycles. The van der Waals surface area contributed by atoms with E-state index in [0.717, 1.165) is 34.3 Å². The summed E-state index contributed by atoms with van der Waals surface area (Å²) in [7, 11) is -2.14. The predicted molar refractivity (Wildman–Crippen MR) is 142 cm³/mol. The van der Waals surface area contributed by atoms with Crippen LogP contribution in [0.1, 0.15) is 42.9 Å². The molecular weight excluding hydrogens is 505 g/mol. The lowest BCUT2D eigenvalue weighted by Crippen LogP contribution is -2.51. The SMILES string of the molecule is Cc1cc2c(cnn2-c2ccc(F)cc2)cc1C1CN(S(=O)(=O)c2cnn(C)n2)CCN1CC1CCCC1. The minimum atomic E-state index is -3.76. The third-order valence-corrected chi connectivity index (χ3v) is 9.72. The Morgan fingerprint density at radius 1 is 1.03 bits per heavy atom. The van der Waals surface area contributed by atoms with Gasteiger partial charge < -0.3 is 0 Å². The van der Waals surface area contributed by atoms with Crippen LogP contribution in [0.25, 0.3) is 16.6 Å². The summed E-state index contributed by atoms with van der Waals surface area (Å²) in [4.78, 5) is 3.74. The highest BCUT2D eigenvalue weighted by Gasteiger charge is 2.38. The Hall–Kier alpha value is -3.15.